The van der Waals surface area contributed by atoms with Crippen molar-refractivity contribution < 1.29 is 9.18 Å². The SMILES string of the molecule is CCCCN(Cc1ccccc1F)C(=O)CCN.Cl. The van der Waals surface area contributed by atoms with E-state index in [2.05, 4.69) is 6.92 Å². The second-order valence-corrected chi connectivity index (χ2v) is 4.30. The van der Waals surface area contributed by atoms with Gasteiger partial charge in [-0.1, -0.05) is 31.5 Å². The fraction of sp³-hybridized carbons (Fsp3) is 0.500. The summed E-state index contributed by atoms with van der Waals surface area (Å²) in [5, 5.41) is 0. The third kappa shape index (κ3) is 6.03. The van der Waals surface area contributed by atoms with Crippen molar-refractivity contribution in [1.29, 1.82) is 0 Å². The minimum atomic E-state index is -0.264. The highest BCUT2D eigenvalue weighted by atomic mass is 35.5. The van der Waals surface area contributed by atoms with E-state index in [-0.39, 0.29) is 24.1 Å². The Morgan fingerprint density at radius 1 is 1.37 bits per heavy atom. The Morgan fingerprint density at radius 2 is 2.05 bits per heavy atom. The summed E-state index contributed by atoms with van der Waals surface area (Å²) in [5.74, 6) is -0.270. The average Bonchev–Trinajstić information content (AvgIpc) is 2.36. The minimum Gasteiger partial charge on any atom is -0.338 e. The minimum absolute atomic E-state index is 0. The normalized spacial score (nSPS) is 9.84. The Bertz CT molecular complexity index is 387. The fourth-order valence-electron chi connectivity index (χ4n) is 1.75. The summed E-state index contributed by atoms with van der Waals surface area (Å²) < 4.78 is 13.6. The van der Waals surface area contributed by atoms with Crippen molar-refractivity contribution in [2.45, 2.75) is 32.7 Å². The first-order chi connectivity index (χ1) is 8.69. The molecule has 0 spiro atoms. The van der Waals surface area contributed by atoms with Gasteiger partial charge in [0, 0.05) is 31.6 Å². The molecule has 108 valence electrons. The van der Waals surface area contributed by atoms with Crippen LogP contribution in [0.15, 0.2) is 24.3 Å². The van der Waals surface area contributed by atoms with Gasteiger partial charge < -0.3 is 10.6 Å². The highest BCUT2D eigenvalue weighted by molar-refractivity contribution is 5.85. The quantitative estimate of drug-likeness (QED) is 0.838. The summed E-state index contributed by atoms with van der Waals surface area (Å²) >= 11 is 0. The van der Waals surface area contributed by atoms with Crippen molar-refractivity contribution >= 4 is 18.3 Å². The molecular formula is C14H22ClFN2O. The summed E-state index contributed by atoms with van der Waals surface area (Å²) in [5.41, 5.74) is 5.95. The topological polar surface area (TPSA) is 46.3 Å². The van der Waals surface area contributed by atoms with Crippen LogP contribution in [-0.2, 0) is 11.3 Å². The van der Waals surface area contributed by atoms with Gasteiger partial charge in [0.1, 0.15) is 5.82 Å². The smallest absolute Gasteiger partial charge is 0.224 e. The summed E-state index contributed by atoms with van der Waals surface area (Å²) in [6.45, 7) is 3.38. The van der Waals surface area contributed by atoms with Crippen molar-refractivity contribution in [2.24, 2.45) is 5.73 Å². The van der Waals surface area contributed by atoms with Gasteiger partial charge in [-0.2, -0.15) is 0 Å². The van der Waals surface area contributed by atoms with Crippen molar-refractivity contribution in [3.05, 3.63) is 35.6 Å². The number of amides is 1. The molecule has 0 radical (unpaired) electrons. The van der Waals surface area contributed by atoms with Gasteiger partial charge in [-0.15, -0.1) is 12.4 Å². The zero-order valence-corrected chi connectivity index (χ0v) is 12.1. The molecule has 2 N–H and O–H groups in total. The molecule has 0 atom stereocenters. The molecule has 1 amide bonds. The molecule has 1 aromatic carbocycles. The van der Waals surface area contributed by atoms with Crippen molar-refractivity contribution in [3.63, 3.8) is 0 Å². The third-order valence-corrected chi connectivity index (χ3v) is 2.81. The van der Waals surface area contributed by atoms with Gasteiger partial charge in [0.05, 0.1) is 0 Å². The van der Waals surface area contributed by atoms with Crippen LogP contribution in [-0.4, -0.2) is 23.9 Å². The van der Waals surface area contributed by atoms with Crippen LogP contribution in [0.5, 0.6) is 0 Å². The molecule has 3 nitrogen and oxygen atoms in total. The number of hydrogen-bond donors (Lipinski definition) is 1. The average molecular weight is 289 g/mol. The lowest BCUT2D eigenvalue weighted by molar-refractivity contribution is -0.131. The molecule has 0 fully saturated rings. The molecule has 0 unspecified atom stereocenters. The van der Waals surface area contributed by atoms with E-state index < -0.39 is 0 Å². The highest BCUT2D eigenvalue weighted by Crippen LogP contribution is 2.11. The molecular weight excluding hydrogens is 267 g/mol. The van der Waals surface area contributed by atoms with Gasteiger partial charge in [0.2, 0.25) is 5.91 Å². The lowest BCUT2D eigenvalue weighted by Crippen LogP contribution is -2.33. The van der Waals surface area contributed by atoms with E-state index in [0.717, 1.165) is 12.8 Å². The first kappa shape index (κ1) is 17.9. The molecule has 0 aromatic heterocycles. The van der Waals surface area contributed by atoms with Crippen molar-refractivity contribution in [3.8, 4) is 0 Å². The first-order valence-electron chi connectivity index (χ1n) is 6.40. The molecule has 1 rings (SSSR count). The van der Waals surface area contributed by atoms with Gasteiger partial charge in [-0.25, -0.2) is 4.39 Å². The third-order valence-electron chi connectivity index (χ3n) is 2.81. The molecule has 0 saturated carbocycles. The van der Waals surface area contributed by atoms with Gasteiger partial charge in [-0.3, -0.25) is 4.79 Å². The zero-order chi connectivity index (χ0) is 13.4. The van der Waals surface area contributed by atoms with Crippen LogP contribution >= 0.6 is 12.4 Å². The van der Waals surface area contributed by atoms with E-state index in [0.29, 0.717) is 31.6 Å². The molecule has 1 aromatic rings. The van der Waals surface area contributed by atoms with Crippen LogP contribution in [0.2, 0.25) is 0 Å². The number of nitrogens with two attached hydrogens (primary N) is 1. The summed E-state index contributed by atoms with van der Waals surface area (Å²) in [4.78, 5) is 13.6. The van der Waals surface area contributed by atoms with Crippen LogP contribution in [0.1, 0.15) is 31.7 Å². The summed E-state index contributed by atoms with van der Waals surface area (Å²) in [7, 11) is 0. The van der Waals surface area contributed by atoms with Crippen LogP contribution in [0.3, 0.4) is 0 Å². The Labute approximate surface area is 120 Å². The second kappa shape index (κ2) is 9.75. The van der Waals surface area contributed by atoms with Crippen LogP contribution in [0, 0.1) is 5.82 Å². The van der Waals surface area contributed by atoms with Crippen molar-refractivity contribution in [2.75, 3.05) is 13.1 Å². The van der Waals surface area contributed by atoms with Crippen molar-refractivity contribution in [1.82, 2.24) is 4.90 Å². The maximum atomic E-state index is 13.6. The number of carbonyl (C=O) groups excluding carboxylic acids is 1. The largest absolute Gasteiger partial charge is 0.338 e. The zero-order valence-electron chi connectivity index (χ0n) is 11.3. The highest BCUT2D eigenvalue weighted by Gasteiger charge is 2.14. The Morgan fingerprint density at radius 3 is 2.63 bits per heavy atom. The number of benzene rings is 1. The molecule has 0 heterocycles. The number of halogens is 2. The Kier molecular flexibility index (Phi) is 9.17. The number of unbranched alkanes of at least 4 members (excludes halogenated alkanes) is 1. The maximum Gasteiger partial charge on any atom is 0.224 e. The standard InChI is InChI=1S/C14H21FN2O.ClH/c1-2-3-10-17(14(18)8-9-16)11-12-6-4-5-7-13(12)15;/h4-7H,2-3,8-11,16H2,1H3;1H. The van der Waals surface area contributed by atoms with Crippen LogP contribution in [0.4, 0.5) is 4.39 Å². The second-order valence-electron chi connectivity index (χ2n) is 4.30. The van der Waals surface area contributed by atoms with Gasteiger partial charge >= 0.3 is 0 Å². The predicted octanol–water partition coefficient (Wildman–Crippen LogP) is 2.73. The molecule has 0 saturated heterocycles. The molecule has 0 aliphatic carbocycles. The number of hydrogen-bond acceptors (Lipinski definition) is 2. The van der Waals surface area contributed by atoms with E-state index >= 15 is 0 Å². The Balaban J connectivity index is 0.00000324. The van der Waals surface area contributed by atoms with E-state index in [1.54, 1.807) is 23.1 Å². The first-order valence-corrected chi connectivity index (χ1v) is 6.40. The summed E-state index contributed by atoms with van der Waals surface area (Å²) in [6, 6.07) is 6.56. The fourth-order valence-corrected chi connectivity index (χ4v) is 1.75. The lowest BCUT2D eigenvalue weighted by Gasteiger charge is -2.22. The van der Waals surface area contributed by atoms with Gasteiger partial charge in [0.15, 0.2) is 0 Å². The molecule has 0 bridgehead atoms. The molecule has 0 aliphatic heterocycles. The molecule has 5 heteroatoms. The van der Waals surface area contributed by atoms with Gasteiger partial charge in [-0.05, 0) is 12.5 Å². The van der Waals surface area contributed by atoms with Gasteiger partial charge in [0.25, 0.3) is 0 Å². The number of carbonyl (C=O) groups is 1. The molecule has 19 heavy (non-hydrogen) atoms. The van der Waals surface area contributed by atoms with Crippen LogP contribution < -0.4 is 5.73 Å². The van der Waals surface area contributed by atoms with Crippen LogP contribution in [0.25, 0.3) is 0 Å². The van der Waals surface area contributed by atoms with E-state index in [9.17, 15) is 9.18 Å². The number of nitrogens with zero attached hydrogens (tertiary/aromatic N) is 1. The summed E-state index contributed by atoms with van der Waals surface area (Å²) in [6.07, 6.45) is 2.24. The maximum absolute atomic E-state index is 13.6. The Hall–Kier alpha value is -1.13. The van der Waals surface area contributed by atoms with E-state index in [1.165, 1.54) is 6.07 Å². The van der Waals surface area contributed by atoms with E-state index in [4.69, 9.17) is 5.73 Å². The number of rotatable bonds is 7. The lowest BCUT2D eigenvalue weighted by atomic mass is 10.2. The monoisotopic (exact) mass is 288 g/mol. The predicted molar refractivity (Wildman–Crippen MR) is 77.6 cm³/mol. The van der Waals surface area contributed by atoms with E-state index in [1.807, 2.05) is 0 Å². The molecule has 0 aliphatic rings.